The maximum Gasteiger partial charge on any atom is 0.373 e. The molecule has 1 amide bonds. The van der Waals surface area contributed by atoms with Crippen LogP contribution in [0, 0.1) is 26.7 Å². The largest absolute Gasteiger partial charge is 0.373 e. The lowest BCUT2D eigenvalue weighted by Gasteiger charge is -2.21. The molecule has 0 aliphatic rings. The molecule has 2 atom stereocenters. The first-order valence-corrected chi connectivity index (χ1v) is 8.48. The second-order valence-electron chi connectivity index (χ2n) is 6.64. The Morgan fingerprint density at radius 3 is 2.44 bits per heavy atom. The number of aromatic nitrogens is 3. The summed E-state index contributed by atoms with van der Waals surface area (Å²) in [4.78, 5) is 24.5. The van der Waals surface area contributed by atoms with Gasteiger partial charge in [-0.25, -0.2) is 9.59 Å². The number of carbonyl (C=O) groups excluding carboxylic acids is 1. The normalized spacial score (nSPS) is 13.4. The molecular formula is C18H27N5O2. The fourth-order valence-electron chi connectivity index (χ4n) is 2.73. The van der Waals surface area contributed by atoms with Crippen LogP contribution in [0.15, 0.2) is 23.0 Å². The minimum atomic E-state index is -0.512. The number of benzene rings is 1. The van der Waals surface area contributed by atoms with Crippen molar-refractivity contribution in [3.8, 4) is 0 Å². The number of hydrogen-bond donors (Lipinski definition) is 2. The molecule has 0 aliphatic heterocycles. The maximum atomic E-state index is 12.4. The highest BCUT2D eigenvalue weighted by atomic mass is 16.2. The summed E-state index contributed by atoms with van der Waals surface area (Å²) in [5.74, 6) is 0.646. The third kappa shape index (κ3) is 4.10. The van der Waals surface area contributed by atoms with E-state index in [1.54, 1.807) is 14.0 Å². The molecule has 0 bridgehead atoms. The van der Waals surface area contributed by atoms with Gasteiger partial charge in [0.15, 0.2) is 5.82 Å². The Balaban J connectivity index is 2.05. The molecule has 1 aromatic heterocycles. The summed E-state index contributed by atoms with van der Waals surface area (Å²) in [5.41, 5.74) is 5.97. The van der Waals surface area contributed by atoms with Gasteiger partial charge in [-0.2, -0.15) is 4.68 Å². The molecular weight excluding hydrogens is 318 g/mol. The minimum absolute atomic E-state index is 0.0962. The molecule has 136 valence electrons. The van der Waals surface area contributed by atoms with E-state index in [4.69, 9.17) is 0 Å². The monoisotopic (exact) mass is 345 g/mol. The van der Waals surface area contributed by atoms with Crippen LogP contribution in [0.2, 0.25) is 0 Å². The summed E-state index contributed by atoms with van der Waals surface area (Å²) in [6.07, 6.45) is 0.849. The van der Waals surface area contributed by atoms with Crippen LogP contribution in [0.5, 0.6) is 0 Å². The van der Waals surface area contributed by atoms with E-state index in [1.807, 2.05) is 6.92 Å². The van der Waals surface area contributed by atoms with Crippen LogP contribution in [0.3, 0.4) is 0 Å². The zero-order valence-electron chi connectivity index (χ0n) is 15.8. The molecule has 0 radical (unpaired) electrons. The molecule has 0 aliphatic carbocycles. The van der Waals surface area contributed by atoms with Gasteiger partial charge in [-0.3, -0.25) is 0 Å². The van der Waals surface area contributed by atoms with Gasteiger partial charge in [-0.15, -0.1) is 9.78 Å². The molecule has 2 rings (SSSR count). The van der Waals surface area contributed by atoms with Crippen molar-refractivity contribution in [3.05, 3.63) is 51.2 Å². The van der Waals surface area contributed by atoms with E-state index in [0.717, 1.165) is 11.1 Å². The third-order valence-electron chi connectivity index (χ3n) is 4.69. The average Bonchev–Trinajstić information content (AvgIpc) is 2.84. The Labute approximate surface area is 148 Å². The van der Waals surface area contributed by atoms with E-state index in [9.17, 15) is 9.59 Å². The van der Waals surface area contributed by atoms with Gasteiger partial charge in [0.25, 0.3) is 0 Å². The molecule has 0 fully saturated rings. The van der Waals surface area contributed by atoms with Crippen molar-refractivity contribution in [1.29, 1.82) is 0 Å². The van der Waals surface area contributed by atoms with Crippen molar-refractivity contribution >= 4 is 6.03 Å². The van der Waals surface area contributed by atoms with Crippen molar-refractivity contribution in [1.82, 2.24) is 19.8 Å². The van der Waals surface area contributed by atoms with Gasteiger partial charge in [-0.1, -0.05) is 25.1 Å². The van der Waals surface area contributed by atoms with Crippen LogP contribution in [0.4, 0.5) is 4.79 Å². The number of nitrogens with one attached hydrogen (secondary N) is 2. The lowest BCUT2D eigenvalue weighted by atomic mass is 9.93. The fourth-order valence-corrected chi connectivity index (χ4v) is 2.73. The Morgan fingerprint density at radius 1 is 1.20 bits per heavy atom. The standard InChI is InChI=1S/C18H27N5O2/c1-11-7-8-16(9-12(11)2)10-13(3)14(4)20-17(24)23-18(25)22(19-6)15(5)21-23/h7-9,13-14,19H,10H2,1-6H3,(H,20,24). The van der Waals surface area contributed by atoms with E-state index in [1.165, 1.54) is 21.4 Å². The Bertz CT molecular complexity index is 821. The van der Waals surface area contributed by atoms with Gasteiger partial charge in [0.05, 0.1) is 0 Å². The number of amides is 1. The maximum absolute atomic E-state index is 12.4. The number of carbonyl (C=O) groups is 1. The molecule has 1 aromatic carbocycles. The lowest BCUT2D eigenvalue weighted by molar-refractivity contribution is 0.231. The van der Waals surface area contributed by atoms with Gasteiger partial charge in [0.2, 0.25) is 0 Å². The summed E-state index contributed by atoms with van der Waals surface area (Å²) in [6.45, 7) is 9.88. The SMILES string of the molecule is CNn1c(C)nn(C(=O)NC(C)C(C)Cc2ccc(C)c(C)c2)c1=O. The lowest BCUT2D eigenvalue weighted by Crippen LogP contribution is -2.45. The van der Waals surface area contributed by atoms with Crippen LogP contribution in [-0.4, -0.2) is 33.6 Å². The van der Waals surface area contributed by atoms with Gasteiger partial charge in [0.1, 0.15) is 0 Å². The molecule has 2 N–H and O–H groups in total. The number of nitrogens with zero attached hydrogens (tertiary/aromatic N) is 3. The molecule has 7 nitrogen and oxygen atoms in total. The Morgan fingerprint density at radius 2 is 1.88 bits per heavy atom. The summed E-state index contributed by atoms with van der Waals surface area (Å²) in [7, 11) is 1.60. The van der Waals surface area contributed by atoms with Crippen LogP contribution < -0.4 is 16.4 Å². The first-order chi connectivity index (χ1) is 11.7. The highest BCUT2D eigenvalue weighted by Gasteiger charge is 2.20. The smallest absolute Gasteiger partial charge is 0.333 e. The molecule has 0 spiro atoms. The third-order valence-corrected chi connectivity index (χ3v) is 4.69. The van der Waals surface area contributed by atoms with Gasteiger partial charge < -0.3 is 10.7 Å². The summed E-state index contributed by atoms with van der Waals surface area (Å²) in [5, 5.41) is 6.86. The molecule has 25 heavy (non-hydrogen) atoms. The Kier molecular flexibility index (Phi) is 5.66. The van der Waals surface area contributed by atoms with E-state index in [0.29, 0.717) is 5.82 Å². The molecule has 1 heterocycles. The van der Waals surface area contributed by atoms with Gasteiger partial charge >= 0.3 is 11.7 Å². The average molecular weight is 345 g/mol. The van der Waals surface area contributed by atoms with Crippen molar-refractivity contribution in [2.75, 3.05) is 12.5 Å². The number of aryl methyl sites for hydroxylation is 3. The van der Waals surface area contributed by atoms with E-state index < -0.39 is 11.7 Å². The topological polar surface area (TPSA) is 81.0 Å². The van der Waals surface area contributed by atoms with Crippen molar-refractivity contribution in [2.45, 2.75) is 47.1 Å². The molecule has 7 heteroatoms. The van der Waals surface area contributed by atoms with E-state index in [-0.39, 0.29) is 12.0 Å². The molecule has 0 saturated carbocycles. The quantitative estimate of drug-likeness (QED) is 0.868. The number of hydrogen-bond acceptors (Lipinski definition) is 4. The molecule has 2 aromatic rings. The first-order valence-electron chi connectivity index (χ1n) is 8.48. The van der Waals surface area contributed by atoms with Crippen LogP contribution in [-0.2, 0) is 6.42 Å². The molecule has 2 unspecified atom stereocenters. The summed E-state index contributed by atoms with van der Waals surface area (Å²) >= 11 is 0. The predicted molar refractivity (Wildman–Crippen MR) is 98.7 cm³/mol. The first kappa shape index (κ1) is 18.8. The second kappa shape index (κ2) is 7.55. The van der Waals surface area contributed by atoms with E-state index in [2.05, 4.69) is 54.8 Å². The summed E-state index contributed by atoms with van der Waals surface area (Å²) in [6, 6.07) is 5.81. The van der Waals surface area contributed by atoms with Gasteiger partial charge in [0, 0.05) is 13.1 Å². The van der Waals surface area contributed by atoms with Gasteiger partial charge in [-0.05, 0) is 56.7 Å². The Hall–Kier alpha value is -2.57. The van der Waals surface area contributed by atoms with Crippen molar-refractivity contribution < 1.29 is 4.79 Å². The van der Waals surface area contributed by atoms with Crippen LogP contribution in [0.1, 0.15) is 36.4 Å². The van der Waals surface area contributed by atoms with Crippen LogP contribution in [0.25, 0.3) is 0 Å². The number of rotatable bonds is 5. The molecule has 0 saturated heterocycles. The predicted octanol–water partition coefficient (Wildman–Crippen LogP) is 1.97. The zero-order chi connectivity index (χ0) is 18.7. The summed E-state index contributed by atoms with van der Waals surface area (Å²) < 4.78 is 2.08. The van der Waals surface area contributed by atoms with Crippen LogP contribution >= 0.6 is 0 Å². The fraction of sp³-hybridized carbons (Fsp3) is 0.500. The highest BCUT2D eigenvalue weighted by molar-refractivity contribution is 5.75. The highest BCUT2D eigenvalue weighted by Crippen LogP contribution is 2.16. The van der Waals surface area contributed by atoms with E-state index >= 15 is 0 Å². The minimum Gasteiger partial charge on any atom is -0.333 e. The van der Waals surface area contributed by atoms with Crippen molar-refractivity contribution in [2.24, 2.45) is 5.92 Å². The van der Waals surface area contributed by atoms with Crippen molar-refractivity contribution in [3.63, 3.8) is 0 Å². The zero-order valence-corrected chi connectivity index (χ0v) is 15.8. The second-order valence-corrected chi connectivity index (χ2v) is 6.64.